The molecule has 4 heterocycles. The number of likely N-dealkylation sites (tertiary alicyclic amines) is 2. The monoisotopic (exact) mass is 456 g/mol. The van der Waals surface area contributed by atoms with Crippen molar-refractivity contribution in [2.45, 2.75) is 89.8 Å². The summed E-state index contributed by atoms with van der Waals surface area (Å²) >= 11 is 0. The lowest BCUT2D eigenvalue weighted by molar-refractivity contribution is -0.0862. The summed E-state index contributed by atoms with van der Waals surface area (Å²) in [6, 6.07) is 0. The molecule has 0 aliphatic carbocycles. The number of hydrogen-bond donors (Lipinski definition) is 0. The van der Waals surface area contributed by atoms with Gasteiger partial charge in [-0.2, -0.15) is 0 Å². The van der Waals surface area contributed by atoms with E-state index in [1.54, 1.807) is 0 Å². The Kier molecular flexibility index (Phi) is 9.23. The Labute approximate surface area is 194 Å². The van der Waals surface area contributed by atoms with Crippen LogP contribution in [0.3, 0.4) is 0 Å². The van der Waals surface area contributed by atoms with Crippen LogP contribution in [-0.4, -0.2) is 86.8 Å². The van der Waals surface area contributed by atoms with Crippen LogP contribution in [0.1, 0.15) is 65.2 Å². The summed E-state index contributed by atoms with van der Waals surface area (Å²) in [5.74, 6) is 1.55. The molecule has 4 fully saturated rings. The lowest BCUT2D eigenvalue weighted by Gasteiger charge is -2.41. The van der Waals surface area contributed by atoms with E-state index in [4.69, 9.17) is 9.47 Å². The molecule has 0 N–H and O–H groups in total. The third-order valence-electron chi connectivity index (χ3n) is 8.92. The van der Waals surface area contributed by atoms with Crippen LogP contribution >= 0.6 is 0 Å². The maximum absolute atomic E-state index is 14.9. The van der Waals surface area contributed by atoms with Crippen LogP contribution in [0.4, 0.5) is 8.78 Å². The Balaban J connectivity index is 1.19. The van der Waals surface area contributed by atoms with Gasteiger partial charge in [0.15, 0.2) is 0 Å². The lowest BCUT2D eigenvalue weighted by atomic mass is 9.82. The van der Waals surface area contributed by atoms with E-state index in [-0.39, 0.29) is 24.0 Å². The van der Waals surface area contributed by atoms with Crippen molar-refractivity contribution < 1.29 is 18.3 Å². The highest BCUT2D eigenvalue weighted by Gasteiger charge is 2.37. The largest absolute Gasteiger partial charge is 0.376 e. The Bertz CT molecular complexity index is 552. The van der Waals surface area contributed by atoms with Crippen LogP contribution < -0.4 is 0 Å². The maximum atomic E-state index is 14.9. The van der Waals surface area contributed by atoms with E-state index >= 15 is 0 Å². The summed E-state index contributed by atoms with van der Waals surface area (Å²) in [6.45, 7) is 11.6. The maximum Gasteiger partial charge on any atom is 0.108 e. The van der Waals surface area contributed by atoms with Gasteiger partial charge in [0.05, 0.1) is 12.2 Å². The van der Waals surface area contributed by atoms with Gasteiger partial charge in [0, 0.05) is 51.0 Å². The molecule has 6 heteroatoms. The van der Waals surface area contributed by atoms with Crippen LogP contribution in [0.5, 0.6) is 0 Å². The molecule has 0 saturated carbocycles. The number of alkyl halides is 2. The molecule has 4 aliphatic rings. The molecule has 0 spiro atoms. The van der Waals surface area contributed by atoms with Gasteiger partial charge in [-0.1, -0.05) is 13.8 Å². The van der Waals surface area contributed by atoms with E-state index in [0.29, 0.717) is 32.0 Å². The molecule has 0 aromatic carbocycles. The Morgan fingerprint density at radius 1 is 0.688 bits per heavy atom. The highest BCUT2D eigenvalue weighted by atomic mass is 19.1. The van der Waals surface area contributed by atoms with Gasteiger partial charge in [-0.3, -0.25) is 0 Å². The molecule has 4 rings (SSSR count). The summed E-state index contributed by atoms with van der Waals surface area (Å²) in [6.07, 6.45) is 6.66. The minimum atomic E-state index is -0.723. The fraction of sp³-hybridized carbons (Fsp3) is 1.00. The lowest BCUT2D eigenvalue weighted by Crippen LogP contribution is -2.47. The van der Waals surface area contributed by atoms with Gasteiger partial charge in [0.2, 0.25) is 0 Å². The molecule has 4 nitrogen and oxygen atoms in total. The quantitative estimate of drug-likeness (QED) is 0.554. The molecule has 186 valence electrons. The number of piperidine rings is 2. The van der Waals surface area contributed by atoms with Crippen molar-refractivity contribution in [1.29, 1.82) is 0 Å². The first kappa shape index (κ1) is 24.8. The molecule has 4 aliphatic heterocycles. The topological polar surface area (TPSA) is 24.9 Å². The van der Waals surface area contributed by atoms with Crippen LogP contribution in [0.2, 0.25) is 0 Å². The zero-order chi connectivity index (χ0) is 22.5. The van der Waals surface area contributed by atoms with Crippen LogP contribution in [-0.2, 0) is 9.47 Å². The molecule has 0 amide bonds. The highest BCUT2D eigenvalue weighted by molar-refractivity contribution is 4.87. The molecule has 0 aromatic heterocycles. The number of ether oxygens (including phenoxy) is 2. The zero-order valence-corrected chi connectivity index (χ0v) is 20.4. The second kappa shape index (κ2) is 11.9. The molecule has 0 bridgehead atoms. The van der Waals surface area contributed by atoms with Gasteiger partial charge in [0.1, 0.15) is 12.3 Å². The average Bonchev–Trinajstić information content (AvgIpc) is 2.79. The minimum absolute atomic E-state index is 0.00527. The second-order valence-corrected chi connectivity index (χ2v) is 11.3. The van der Waals surface area contributed by atoms with Crippen molar-refractivity contribution in [3.05, 3.63) is 0 Å². The van der Waals surface area contributed by atoms with Gasteiger partial charge in [-0.25, -0.2) is 8.78 Å². The van der Waals surface area contributed by atoms with Gasteiger partial charge >= 0.3 is 0 Å². The molecular formula is C26H46F2N2O2. The van der Waals surface area contributed by atoms with E-state index < -0.39 is 12.3 Å². The Morgan fingerprint density at radius 2 is 1.25 bits per heavy atom. The number of nitrogens with zero attached hydrogens (tertiary/aromatic N) is 2. The van der Waals surface area contributed by atoms with E-state index in [1.807, 2.05) is 6.92 Å². The predicted molar refractivity (Wildman–Crippen MR) is 124 cm³/mol. The average molecular weight is 457 g/mol. The first-order valence-electron chi connectivity index (χ1n) is 13.5. The molecule has 1 unspecified atom stereocenters. The number of hydrogen-bond acceptors (Lipinski definition) is 4. The molecule has 0 radical (unpaired) electrons. The smallest absolute Gasteiger partial charge is 0.108 e. The van der Waals surface area contributed by atoms with Crippen molar-refractivity contribution in [2.75, 3.05) is 52.5 Å². The minimum Gasteiger partial charge on any atom is -0.376 e. The van der Waals surface area contributed by atoms with Crippen LogP contribution in [0.25, 0.3) is 0 Å². The van der Waals surface area contributed by atoms with Crippen LogP contribution in [0, 0.1) is 23.7 Å². The van der Waals surface area contributed by atoms with Crippen molar-refractivity contribution in [3.8, 4) is 0 Å². The molecule has 0 aromatic rings. The first-order chi connectivity index (χ1) is 15.5. The highest BCUT2D eigenvalue weighted by Crippen LogP contribution is 2.33. The number of halogens is 2. The zero-order valence-electron chi connectivity index (χ0n) is 20.4. The van der Waals surface area contributed by atoms with Crippen LogP contribution in [0.15, 0.2) is 0 Å². The summed E-state index contributed by atoms with van der Waals surface area (Å²) in [5.41, 5.74) is 0. The molecule has 32 heavy (non-hydrogen) atoms. The second-order valence-electron chi connectivity index (χ2n) is 11.3. The standard InChI is InChI=1S/C26H46F2N2O2/c1-19-5-11-29(12-6-19)18-26-22(24(28)10-16-32-26)4-3-21-7-13-30(14-8-21)17-25-20(2)23(27)9-15-31-25/h19-26H,3-18H2,1-2H3/t20?,22-,23-,24-,25-,26+/m0/s1. The van der Waals surface area contributed by atoms with E-state index in [9.17, 15) is 8.78 Å². The predicted octanol–water partition coefficient (Wildman–Crippen LogP) is 4.72. The fourth-order valence-corrected chi connectivity index (χ4v) is 6.30. The molecular weight excluding hydrogens is 410 g/mol. The van der Waals surface area contributed by atoms with E-state index in [0.717, 1.165) is 58.0 Å². The SMILES string of the molecule is CC1CCN(C[C@H]2OCC[C@H](F)[C@@H]2CCC2CCN(C[C@@H]3OCC[C@H](F)C3C)CC2)CC1. The van der Waals surface area contributed by atoms with Crippen molar-refractivity contribution >= 4 is 0 Å². The van der Waals surface area contributed by atoms with Gasteiger partial charge in [0.25, 0.3) is 0 Å². The summed E-state index contributed by atoms with van der Waals surface area (Å²) < 4.78 is 40.9. The van der Waals surface area contributed by atoms with Crippen molar-refractivity contribution in [1.82, 2.24) is 9.80 Å². The van der Waals surface area contributed by atoms with E-state index in [2.05, 4.69) is 16.7 Å². The van der Waals surface area contributed by atoms with E-state index in [1.165, 1.54) is 25.7 Å². The third-order valence-corrected chi connectivity index (χ3v) is 8.92. The normalized spacial score (nSPS) is 39.4. The van der Waals surface area contributed by atoms with Crippen molar-refractivity contribution in [2.24, 2.45) is 23.7 Å². The van der Waals surface area contributed by atoms with Gasteiger partial charge in [-0.15, -0.1) is 0 Å². The summed E-state index contributed by atoms with van der Waals surface area (Å²) in [4.78, 5) is 4.96. The molecule has 4 saturated heterocycles. The van der Waals surface area contributed by atoms with Gasteiger partial charge < -0.3 is 19.3 Å². The summed E-state index contributed by atoms with van der Waals surface area (Å²) in [5, 5.41) is 0. The Morgan fingerprint density at radius 3 is 1.94 bits per heavy atom. The number of rotatable bonds is 7. The first-order valence-corrected chi connectivity index (χ1v) is 13.5. The van der Waals surface area contributed by atoms with Gasteiger partial charge in [-0.05, 0) is 76.5 Å². The van der Waals surface area contributed by atoms with Crippen molar-refractivity contribution in [3.63, 3.8) is 0 Å². The Hall–Kier alpha value is -0.300. The molecule has 6 atom stereocenters. The third kappa shape index (κ3) is 6.64. The fourth-order valence-electron chi connectivity index (χ4n) is 6.30. The summed E-state index contributed by atoms with van der Waals surface area (Å²) in [7, 11) is 0.